The number of benzene rings is 1. The lowest BCUT2D eigenvalue weighted by molar-refractivity contribution is -0.797. The topological polar surface area (TPSA) is 42.6 Å². The van der Waals surface area contributed by atoms with Crippen molar-refractivity contribution in [1.82, 2.24) is 4.98 Å². The first-order valence-electron chi connectivity index (χ1n) is 10.9. The highest BCUT2D eigenvalue weighted by atomic mass is 19.4. The van der Waals surface area contributed by atoms with Crippen LogP contribution >= 0.6 is 0 Å². The number of pyridine rings is 1. The summed E-state index contributed by atoms with van der Waals surface area (Å²) in [5, 5.41) is 10.6. The van der Waals surface area contributed by atoms with E-state index in [0.29, 0.717) is 18.9 Å². The molecule has 31 heavy (non-hydrogen) atoms. The first-order valence-corrected chi connectivity index (χ1v) is 10.9. The maximum absolute atomic E-state index is 12.8. The molecule has 1 aliphatic heterocycles. The van der Waals surface area contributed by atoms with E-state index in [0.717, 1.165) is 62.3 Å². The molecule has 2 fully saturated rings. The van der Waals surface area contributed by atoms with E-state index in [1.54, 1.807) is 0 Å². The zero-order valence-electron chi connectivity index (χ0n) is 17.4. The Morgan fingerprint density at radius 3 is 2.26 bits per heavy atom. The van der Waals surface area contributed by atoms with Crippen LogP contribution in [0.4, 0.5) is 24.7 Å². The maximum atomic E-state index is 12.8. The second kappa shape index (κ2) is 9.16. The molecule has 1 aromatic heterocycles. The first-order chi connectivity index (χ1) is 14.9. The molecule has 2 aromatic rings. The van der Waals surface area contributed by atoms with Crippen LogP contribution in [0.3, 0.4) is 0 Å². The summed E-state index contributed by atoms with van der Waals surface area (Å²) in [5.74, 6) is 0.561. The van der Waals surface area contributed by atoms with Crippen LogP contribution in [0.25, 0.3) is 0 Å². The van der Waals surface area contributed by atoms with Gasteiger partial charge in [0.15, 0.2) is 0 Å². The summed E-state index contributed by atoms with van der Waals surface area (Å²) in [6.45, 7) is 2.78. The Morgan fingerprint density at radius 1 is 0.935 bits per heavy atom. The third-order valence-corrected chi connectivity index (χ3v) is 6.18. The second-order valence-electron chi connectivity index (χ2n) is 8.24. The van der Waals surface area contributed by atoms with Crippen LogP contribution in [0, 0.1) is 0 Å². The minimum Gasteiger partial charge on any atom is -0.367 e. The molecule has 1 aliphatic carbocycles. The van der Waals surface area contributed by atoms with Gasteiger partial charge in [0.1, 0.15) is 5.82 Å². The lowest BCUT2D eigenvalue weighted by Crippen LogP contribution is -2.47. The molecule has 0 unspecified atom stereocenters. The molecule has 0 spiro atoms. The molecule has 2 aliphatic rings. The molecule has 0 bridgehead atoms. The molecule has 4 rings (SSSR count). The van der Waals surface area contributed by atoms with Gasteiger partial charge in [0.25, 0.3) is 0 Å². The number of piperazine rings is 1. The quantitative estimate of drug-likeness (QED) is 0.332. The Kier molecular flexibility index (Phi) is 6.34. The predicted octanol–water partition coefficient (Wildman–Crippen LogP) is 4.58. The number of halogens is 3. The number of anilines is 2. The fraction of sp³-hybridized carbons (Fsp3) is 0.478. The minimum atomic E-state index is -4.37. The van der Waals surface area contributed by atoms with Crippen molar-refractivity contribution in [3.63, 3.8) is 0 Å². The van der Waals surface area contributed by atoms with Gasteiger partial charge in [-0.05, 0) is 41.8 Å². The molecule has 0 atom stereocenters. The van der Waals surface area contributed by atoms with E-state index in [9.17, 15) is 18.4 Å². The van der Waals surface area contributed by atoms with Gasteiger partial charge in [-0.3, -0.25) is 5.21 Å². The molecule has 166 valence electrons. The Hall–Kier alpha value is -2.77. The molecule has 2 heterocycles. The van der Waals surface area contributed by atoms with Crippen molar-refractivity contribution in [2.75, 3.05) is 36.0 Å². The van der Waals surface area contributed by atoms with Crippen molar-refractivity contribution in [1.29, 1.82) is 0 Å². The minimum absolute atomic E-state index is 0.171. The van der Waals surface area contributed by atoms with Gasteiger partial charge in [0, 0.05) is 45.2 Å². The molecule has 1 N–H and O–H groups in total. The summed E-state index contributed by atoms with van der Waals surface area (Å²) >= 11 is 0. The van der Waals surface area contributed by atoms with Gasteiger partial charge in [0.05, 0.1) is 16.8 Å². The zero-order valence-corrected chi connectivity index (χ0v) is 17.4. The van der Waals surface area contributed by atoms with Crippen molar-refractivity contribution in [3.05, 3.63) is 53.7 Å². The van der Waals surface area contributed by atoms with Gasteiger partial charge in [-0.15, -0.1) is 0 Å². The second-order valence-corrected chi connectivity index (χ2v) is 8.24. The normalized spacial score (nSPS) is 19.0. The summed E-state index contributed by atoms with van der Waals surface area (Å²) < 4.78 is 39.7. The molecule has 1 saturated heterocycles. The highest BCUT2D eigenvalue weighted by molar-refractivity contribution is 5.85. The monoisotopic (exact) mass is 433 g/mol. The number of aromatic nitrogens is 1. The van der Waals surface area contributed by atoms with Crippen molar-refractivity contribution in [3.8, 4) is 0 Å². The summed E-state index contributed by atoms with van der Waals surface area (Å²) in [5.41, 5.74) is 1.29. The van der Waals surface area contributed by atoms with Crippen LogP contribution < -0.4 is 9.80 Å². The lowest BCUT2D eigenvalue weighted by Gasteiger charge is -2.37. The molecule has 0 amide bonds. The van der Waals surface area contributed by atoms with Crippen LogP contribution in [0.2, 0.25) is 0 Å². The molecular weight excluding hydrogens is 405 g/mol. The number of alkyl halides is 3. The fourth-order valence-corrected chi connectivity index (χ4v) is 4.40. The predicted molar refractivity (Wildman–Crippen MR) is 114 cm³/mol. The van der Waals surface area contributed by atoms with E-state index in [2.05, 4.69) is 9.88 Å². The van der Waals surface area contributed by atoms with Crippen molar-refractivity contribution in [2.45, 2.75) is 44.3 Å². The maximum Gasteiger partial charge on any atom is 0.417 e. The van der Waals surface area contributed by atoms with Crippen LogP contribution in [-0.2, 0) is 6.18 Å². The largest absolute Gasteiger partial charge is 0.417 e. The van der Waals surface area contributed by atoms with Gasteiger partial charge < -0.3 is 9.80 Å². The van der Waals surface area contributed by atoms with E-state index in [1.807, 2.05) is 35.4 Å². The van der Waals surface area contributed by atoms with E-state index >= 15 is 0 Å². The Bertz CT molecular complexity index is 900. The number of hydrogen-bond acceptors (Lipinski definition) is 4. The van der Waals surface area contributed by atoms with Crippen LogP contribution in [-0.4, -0.2) is 53.4 Å². The Balaban J connectivity index is 1.43. The zero-order chi connectivity index (χ0) is 21.8. The number of hydroxylamine groups is 1. The average molecular weight is 433 g/mol. The molecule has 8 heteroatoms. The highest BCUT2D eigenvalue weighted by Crippen LogP contribution is 2.30. The van der Waals surface area contributed by atoms with E-state index in [4.69, 9.17) is 0 Å². The summed E-state index contributed by atoms with van der Waals surface area (Å²) in [4.78, 5) is 8.27. The Labute approximate surface area is 180 Å². The van der Waals surface area contributed by atoms with Gasteiger partial charge in [-0.2, -0.15) is 13.2 Å². The smallest absolute Gasteiger partial charge is 0.367 e. The van der Waals surface area contributed by atoms with Crippen molar-refractivity contribution >= 4 is 17.7 Å². The molecule has 0 radical (unpaired) electrons. The van der Waals surface area contributed by atoms with Gasteiger partial charge in [-0.25, -0.2) is 4.98 Å². The van der Waals surface area contributed by atoms with E-state index in [1.165, 1.54) is 17.2 Å². The number of nitrogens with zero attached hydrogens (tertiary/aromatic N) is 4. The van der Waals surface area contributed by atoms with Crippen molar-refractivity contribution < 1.29 is 23.1 Å². The Morgan fingerprint density at radius 2 is 1.61 bits per heavy atom. The molecular formula is C23H28F3N4O+. The summed E-state index contributed by atoms with van der Waals surface area (Å²) in [6, 6.07) is 10.7. The average Bonchev–Trinajstić information content (AvgIpc) is 2.80. The van der Waals surface area contributed by atoms with Crippen LogP contribution in [0.1, 0.15) is 43.2 Å². The van der Waals surface area contributed by atoms with Gasteiger partial charge in [0.2, 0.25) is 12.3 Å². The first kappa shape index (κ1) is 21.5. The standard InChI is InChI=1S/C23H28F3N4O/c24-23(25,26)19-10-11-22(27-16-19)29-14-12-28(13-15-29)21-9-5-4-6-18(21)17-30(31)20-7-2-1-3-8-20/h4-6,9-11,16-17,20,31H,1-3,7-8,12-15H2/q+1. The summed E-state index contributed by atoms with van der Waals surface area (Å²) in [6.07, 6.45) is 3.90. The van der Waals surface area contributed by atoms with Crippen LogP contribution in [0.15, 0.2) is 42.6 Å². The fourth-order valence-electron chi connectivity index (χ4n) is 4.40. The lowest BCUT2D eigenvalue weighted by atomic mass is 9.96. The number of hydrogen-bond donors (Lipinski definition) is 1. The van der Waals surface area contributed by atoms with Crippen LogP contribution in [0.5, 0.6) is 0 Å². The van der Waals surface area contributed by atoms with Gasteiger partial charge >= 0.3 is 6.18 Å². The SMILES string of the molecule is O[N+](=Cc1ccccc1N1CCN(c2ccc(C(F)(F)F)cn2)CC1)C1CCCCC1. The molecule has 1 saturated carbocycles. The molecule has 5 nitrogen and oxygen atoms in total. The van der Waals surface area contributed by atoms with Crippen molar-refractivity contribution in [2.24, 2.45) is 0 Å². The third-order valence-electron chi connectivity index (χ3n) is 6.18. The highest BCUT2D eigenvalue weighted by Gasteiger charge is 2.31. The van der Waals surface area contributed by atoms with Gasteiger partial charge in [-0.1, -0.05) is 18.6 Å². The number of para-hydroxylation sites is 1. The summed E-state index contributed by atoms with van der Waals surface area (Å²) in [7, 11) is 0. The third kappa shape index (κ3) is 5.11. The molecule has 1 aromatic carbocycles. The number of rotatable bonds is 4. The van der Waals surface area contributed by atoms with E-state index < -0.39 is 11.7 Å². The van der Waals surface area contributed by atoms with E-state index in [-0.39, 0.29) is 6.04 Å².